The molecule has 1 fully saturated rings. The zero-order chi connectivity index (χ0) is 25.8. The standard InChI is InChI=1S/C39H28/c1-3-7-35-29(5-1)17-20-34-25-33(22-23-36(34)35)28-11-15-31(16-12-28)38-24-21-30-6-2-4-8-37(30)39(38)32-18-13-27(14-19-32)26-9-10-26/h1-8,11-26H,9-10H2. The Hall–Kier alpha value is -4.68. The van der Waals surface area contributed by atoms with E-state index >= 15 is 0 Å². The van der Waals surface area contributed by atoms with Crippen molar-refractivity contribution in [2.24, 2.45) is 0 Å². The van der Waals surface area contributed by atoms with E-state index in [0.29, 0.717) is 0 Å². The second kappa shape index (κ2) is 8.96. The third kappa shape index (κ3) is 3.92. The molecule has 0 radical (unpaired) electrons. The normalized spacial score (nSPS) is 13.3. The van der Waals surface area contributed by atoms with Gasteiger partial charge in [0.2, 0.25) is 0 Å². The molecule has 0 bridgehead atoms. The van der Waals surface area contributed by atoms with E-state index < -0.39 is 0 Å². The Morgan fingerprint density at radius 3 is 1.72 bits per heavy atom. The summed E-state index contributed by atoms with van der Waals surface area (Å²) in [5.74, 6) is 0.771. The molecule has 0 heterocycles. The van der Waals surface area contributed by atoms with Crippen molar-refractivity contribution in [2.75, 3.05) is 0 Å². The first-order valence-corrected chi connectivity index (χ1v) is 14.0. The average Bonchev–Trinajstić information content (AvgIpc) is 3.86. The molecule has 1 saturated carbocycles. The van der Waals surface area contributed by atoms with Crippen molar-refractivity contribution >= 4 is 32.3 Å². The van der Waals surface area contributed by atoms with Crippen molar-refractivity contribution in [2.45, 2.75) is 18.8 Å². The van der Waals surface area contributed by atoms with E-state index in [0.717, 1.165) is 5.92 Å². The largest absolute Gasteiger partial charge is 0.0616 e. The number of rotatable bonds is 4. The highest BCUT2D eigenvalue weighted by atomic mass is 14.3. The van der Waals surface area contributed by atoms with Gasteiger partial charge in [0, 0.05) is 0 Å². The van der Waals surface area contributed by atoms with Crippen LogP contribution in [0.25, 0.3) is 65.7 Å². The van der Waals surface area contributed by atoms with E-state index in [4.69, 9.17) is 0 Å². The lowest BCUT2D eigenvalue weighted by Gasteiger charge is -2.15. The summed E-state index contributed by atoms with van der Waals surface area (Å²) in [7, 11) is 0. The minimum absolute atomic E-state index is 0.771. The SMILES string of the molecule is c1ccc2c(-c3ccc(C4CC4)cc3)c(-c3ccc(-c4ccc5c(ccc6ccccc65)c4)cc3)ccc2c1. The fourth-order valence-electron chi connectivity index (χ4n) is 6.20. The molecule has 0 aromatic heterocycles. The van der Waals surface area contributed by atoms with Crippen LogP contribution in [0.15, 0.2) is 140 Å². The van der Waals surface area contributed by atoms with Crippen LogP contribution in [-0.2, 0) is 0 Å². The molecule has 0 nitrogen and oxygen atoms in total. The Balaban J connectivity index is 1.21. The first kappa shape index (κ1) is 22.3. The molecular formula is C39H28. The van der Waals surface area contributed by atoms with Crippen LogP contribution in [0.4, 0.5) is 0 Å². The van der Waals surface area contributed by atoms with Crippen LogP contribution < -0.4 is 0 Å². The fraction of sp³-hybridized carbons (Fsp3) is 0.0769. The van der Waals surface area contributed by atoms with Crippen molar-refractivity contribution in [3.8, 4) is 33.4 Å². The quantitative estimate of drug-likeness (QED) is 0.213. The van der Waals surface area contributed by atoms with Gasteiger partial charge in [0.15, 0.2) is 0 Å². The molecule has 0 atom stereocenters. The first-order valence-electron chi connectivity index (χ1n) is 14.0. The van der Waals surface area contributed by atoms with E-state index in [1.807, 2.05) is 0 Å². The van der Waals surface area contributed by atoms with Crippen molar-refractivity contribution in [1.29, 1.82) is 0 Å². The topological polar surface area (TPSA) is 0 Å². The van der Waals surface area contributed by atoms with Gasteiger partial charge in [-0.25, -0.2) is 0 Å². The van der Waals surface area contributed by atoms with E-state index in [1.165, 1.54) is 84.1 Å². The maximum absolute atomic E-state index is 2.34. The summed E-state index contributed by atoms with van der Waals surface area (Å²) in [4.78, 5) is 0. The summed E-state index contributed by atoms with van der Waals surface area (Å²) in [6, 6.07) is 51.7. The predicted octanol–water partition coefficient (Wildman–Crippen LogP) is 11.0. The highest BCUT2D eigenvalue weighted by Gasteiger charge is 2.23. The van der Waals surface area contributed by atoms with Crippen molar-refractivity contribution in [3.63, 3.8) is 0 Å². The van der Waals surface area contributed by atoms with Crippen LogP contribution in [0.3, 0.4) is 0 Å². The van der Waals surface area contributed by atoms with Crippen molar-refractivity contribution < 1.29 is 0 Å². The Bertz CT molecular complexity index is 1990. The van der Waals surface area contributed by atoms with Crippen LogP contribution >= 0.6 is 0 Å². The lowest BCUT2D eigenvalue weighted by atomic mass is 9.88. The van der Waals surface area contributed by atoms with Crippen LogP contribution in [0.2, 0.25) is 0 Å². The smallest absolute Gasteiger partial charge is 0.00268 e. The lowest BCUT2D eigenvalue weighted by molar-refractivity contribution is 1.13. The van der Waals surface area contributed by atoms with Gasteiger partial charge in [0.1, 0.15) is 0 Å². The van der Waals surface area contributed by atoms with E-state index in [1.54, 1.807) is 0 Å². The summed E-state index contributed by atoms with van der Waals surface area (Å²) < 4.78 is 0. The number of benzene rings is 7. The fourth-order valence-corrected chi connectivity index (χ4v) is 6.20. The van der Waals surface area contributed by atoms with Gasteiger partial charge in [-0.05, 0) is 96.1 Å². The maximum atomic E-state index is 2.34. The highest BCUT2D eigenvalue weighted by Crippen LogP contribution is 2.43. The Kier molecular flexibility index (Phi) is 5.13. The van der Waals surface area contributed by atoms with Gasteiger partial charge in [0.25, 0.3) is 0 Å². The molecule has 0 heteroatoms. The zero-order valence-corrected chi connectivity index (χ0v) is 21.8. The molecule has 1 aliphatic carbocycles. The molecular weight excluding hydrogens is 468 g/mol. The molecule has 0 amide bonds. The monoisotopic (exact) mass is 496 g/mol. The molecule has 1 aliphatic rings. The second-order valence-electron chi connectivity index (χ2n) is 10.9. The van der Waals surface area contributed by atoms with Crippen LogP contribution in [0.5, 0.6) is 0 Å². The van der Waals surface area contributed by atoms with E-state index in [-0.39, 0.29) is 0 Å². The lowest BCUT2D eigenvalue weighted by Crippen LogP contribution is -1.89. The van der Waals surface area contributed by atoms with Crippen LogP contribution in [0.1, 0.15) is 24.3 Å². The molecule has 7 aromatic carbocycles. The molecule has 0 unspecified atom stereocenters. The minimum atomic E-state index is 0.771. The van der Waals surface area contributed by atoms with Crippen molar-refractivity contribution in [3.05, 3.63) is 145 Å². The van der Waals surface area contributed by atoms with Gasteiger partial charge >= 0.3 is 0 Å². The first-order chi connectivity index (χ1) is 19.3. The number of hydrogen-bond donors (Lipinski definition) is 0. The molecule has 8 rings (SSSR count). The van der Waals surface area contributed by atoms with Gasteiger partial charge < -0.3 is 0 Å². The van der Waals surface area contributed by atoms with Crippen LogP contribution in [0, 0.1) is 0 Å². The van der Waals surface area contributed by atoms with Gasteiger partial charge in [-0.3, -0.25) is 0 Å². The van der Waals surface area contributed by atoms with E-state index in [9.17, 15) is 0 Å². The minimum Gasteiger partial charge on any atom is -0.0616 e. The highest BCUT2D eigenvalue weighted by molar-refractivity contribution is 6.08. The molecule has 0 spiro atoms. The van der Waals surface area contributed by atoms with Gasteiger partial charge in [-0.15, -0.1) is 0 Å². The second-order valence-corrected chi connectivity index (χ2v) is 10.9. The predicted molar refractivity (Wildman–Crippen MR) is 167 cm³/mol. The molecule has 0 N–H and O–H groups in total. The maximum Gasteiger partial charge on any atom is -0.00268 e. The Morgan fingerprint density at radius 2 is 0.949 bits per heavy atom. The summed E-state index contributed by atoms with van der Waals surface area (Å²) in [5, 5.41) is 7.77. The third-order valence-corrected chi connectivity index (χ3v) is 8.45. The molecule has 0 saturated heterocycles. The number of fused-ring (bicyclic) bond motifs is 4. The molecule has 7 aromatic rings. The van der Waals surface area contributed by atoms with Gasteiger partial charge in [-0.2, -0.15) is 0 Å². The summed E-state index contributed by atoms with van der Waals surface area (Å²) >= 11 is 0. The molecule has 39 heavy (non-hydrogen) atoms. The van der Waals surface area contributed by atoms with Gasteiger partial charge in [-0.1, -0.05) is 133 Å². The average molecular weight is 497 g/mol. The Morgan fingerprint density at radius 1 is 0.385 bits per heavy atom. The van der Waals surface area contributed by atoms with Crippen LogP contribution in [-0.4, -0.2) is 0 Å². The summed E-state index contributed by atoms with van der Waals surface area (Å²) in [6.45, 7) is 0. The summed E-state index contributed by atoms with van der Waals surface area (Å²) in [5.41, 5.74) is 9.11. The van der Waals surface area contributed by atoms with E-state index in [2.05, 4.69) is 140 Å². The number of hydrogen-bond acceptors (Lipinski definition) is 0. The Labute approximate surface area is 229 Å². The van der Waals surface area contributed by atoms with Crippen molar-refractivity contribution in [1.82, 2.24) is 0 Å². The third-order valence-electron chi connectivity index (χ3n) is 8.45. The summed E-state index contributed by atoms with van der Waals surface area (Å²) in [6.07, 6.45) is 2.66. The zero-order valence-electron chi connectivity index (χ0n) is 21.8. The van der Waals surface area contributed by atoms with Gasteiger partial charge in [0.05, 0.1) is 0 Å². The molecule has 184 valence electrons. The molecule has 0 aliphatic heterocycles.